The topological polar surface area (TPSA) is 79.7 Å². The van der Waals surface area contributed by atoms with E-state index in [1.54, 1.807) is 6.07 Å². The van der Waals surface area contributed by atoms with Crippen LogP contribution in [0, 0.1) is 11.3 Å². The number of aromatic nitrogens is 2. The Labute approximate surface area is 83.3 Å². The molecule has 1 rings (SSSR count). The molecular formula is C7H8F3N5. The van der Waals surface area contributed by atoms with Crippen LogP contribution < -0.4 is 11.1 Å². The van der Waals surface area contributed by atoms with Gasteiger partial charge in [0.1, 0.15) is 24.0 Å². The fourth-order valence-electron chi connectivity index (χ4n) is 0.955. The van der Waals surface area contributed by atoms with Crippen molar-refractivity contribution in [2.75, 3.05) is 17.6 Å². The second-order valence-electron chi connectivity index (χ2n) is 2.81. The summed E-state index contributed by atoms with van der Waals surface area (Å²) in [6.45, 7) is -1.25. The maximum atomic E-state index is 11.9. The maximum Gasteiger partial charge on any atom is 0.405 e. The summed E-state index contributed by atoms with van der Waals surface area (Å²) in [6.07, 6.45) is -4.36. The van der Waals surface area contributed by atoms with Crippen LogP contribution in [-0.2, 0) is 7.05 Å². The van der Waals surface area contributed by atoms with Crippen LogP contribution in [0.4, 0.5) is 24.8 Å². The van der Waals surface area contributed by atoms with Crippen LogP contribution in [0.25, 0.3) is 0 Å². The van der Waals surface area contributed by atoms with Gasteiger partial charge >= 0.3 is 6.18 Å². The lowest BCUT2D eigenvalue weighted by Gasteiger charge is -2.06. The molecule has 15 heavy (non-hydrogen) atoms. The van der Waals surface area contributed by atoms with E-state index in [0.29, 0.717) is 0 Å². The van der Waals surface area contributed by atoms with Crippen LogP contribution >= 0.6 is 0 Å². The average Bonchev–Trinajstić information content (AvgIpc) is 2.38. The van der Waals surface area contributed by atoms with Gasteiger partial charge < -0.3 is 11.1 Å². The van der Waals surface area contributed by atoms with Crippen molar-refractivity contribution in [1.29, 1.82) is 5.26 Å². The number of alkyl halides is 3. The zero-order valence-electron chi connectivity index (χ0n) is 7.76. The summed E-state index contributed by atoms with van der Waals surface area (Å²) < 4.78 is 36.8. The second kappa shape index (κ2) is 3.68. The summed E-state index contributed by atoms with van der Waals surface area (Å²) in [6, 6.07) is 1.68. The first-order chi connectivity index (χ1) is 6.85. The molecule has 5 nitrogen and oxygen atoms in total. The van der Waals surface area contributed by atoms with Crippen molar-refractivity contribution in [3.8, 4) is 6.07 Å². The van der Waals surface area contributed by atoms with Crippen molar-refractivity contribution in [2.24, 2.45) is 7.05 Å². The monoisotopic (exact) mass is 219 g/mol. The van der Waals surface area contributed by atoms with Gasteiger partial charge in [-0.2, -0.15) is 23.5 Å². The molecule has 1 aromatic rings. The number of nitrogens with zero attached hydrogens (tertiary/aromatic N) is 3. The fraction of sp³-hybridized carbons (Fsp3) is 0.429. The van der Waals surface area contributed by atoms with Crippen molar-refractivity contribution in [3.05, 3.63) is 5.56 Å². The summed E-state index contributed by atoms with van der Waals surface area (Å²) in [5.41, 5.74) is 5.33. The highest BCUT2D eigenvalue weighted by Crippen LogP contribution is 2.21. The molecule has 0 bridgehead atoms. The molecule has 0 aliphatic carbocycles. The number of nitriles is 1. The Morgan fingerprint density at radius 2 is 2.20 bits per heavy atom. The van der Waals surface area contributed by atoms with Crippen molar-refractivity contribution >= 4 is 11.6 Å². The number of rotatable bonds is 2. The van der Waals surface area contributed by atoms with Crippen LogP contribution in [0.15, 0.2) is 0 Å². The van der Waals surface area contributed by atoms with Crippen molar-refractivity contribution < 1.29 is 13.2 Å². The average molecular weight is 219 g/mol. The molecule has 3 N–H and O–H groups in total. The minimum atomic E-state index is -4.36. The third-order valence-electron chi connectivity index (χ3n) is 1.66. The summed E-state index contributed by atoms with van der Waals surface area (Å²) in [4.78, 5) is 0. The first-order valence-electron chi connectivity index (χ1n) is 3.88. The maximum absolute atomic E-state index is 11.9. The highest BCUT2D eigenvalue weighted by Gasteiger charge is 2.28. The first kappa shape index (κ1) is 11.2. The summed E-state index contributed by atoms with van der Waals surface area (Å²) >= 11 is 0. The number of nitrogens with one attached hydrogen (secondary N) is 1. The molecule has 0 spiro atoms. The second-order valence-corrected chi connectivity index (χ2v) is 2.81. The summed E-state index contributed by atoms with van der Waals surface area (Å²) in [7, 11) is 1.44. The Balaban J connectivity index is 2.88. The van der Waals surface area contributed by atoms with Gasteiger partial charge in [-0.05, 0) is 0 Å². The van der Waals surface area contributed by atoms with Crippen LogP contribution in [-0.4, -0.2) is 22.5 Å². The molecule has 0 radical (unpaired) electrons. The molecule has 8 heteroatoms. The third-order valence-corrected chi connectivity index (χ3v) is 1.66. The number of nitrogens with two attached hydrogens (primary N) is 1. The van der Waals surface area contributed by atoms with Gasteiger partial charge in [0, 0.05) is 7.05 Å². The van der Waals surface area contributed by atoms with E-state index < -0.39 is 12.7 Å². The Hall–Kier alpha value is -1.91. The molecular weight excluding hydrogens is 211 g/mol. The van der Waals surface area contributed by atoms with Crippen LogP contribution in [0.3, 0.4) is 0 Å². The standard InChI is InChI=1S/C7H8F3N5/c1-15-5(12)4(2-11)6(14-15)13-3-7(8,9)10/h3,12H2,1H3,(H,13,14). The number of anilines is 2. The van der Waals surface area contributed by atoms with E-state index >= 15 is 0 Å². The predicted octanol–water partition coefficient (Wildman–Crippen LogP) is 0.848. The molecule has 0 aliphatic rings. The normalized spacial score (nSPS) is 11.1. The van der Waals surface area contributed by atoms with Gasteiger partial charge in [0.05, 0.1) is 0 Å². The largest absolute Gasteiger partial charge is 0.405 e. The first-order valence-corrected chi connectivity index (χ1v) is 3.88. The molecule has 0 unspecified atom stereocenters. The number of halogens is 3. The zero-order chi connectivity index (χ0) is 11.6. The molecule has 1 aromatic heterocycles. The molecule has 0 amide bonds. The summed E-state index contributed by atoms with van der Waals surface area (Å²) in [5, 5.41) is 14.3. The van der Waals surface area contributed by atoms with E-state index in [9.17, 15) is 13.2 Å². The quantitative estimate of drug-likeness (QED) is 0.772. The lowest BCUT2D eigenvalue weighted by atomic mass is 10.3. The Morgan fingerprint density at radius 1 is 1.60 bits per heavy atom. The minimum Gasteiger partial charge on any atom is -0.383 e. The van der Waals surface area contributed by atoms with Crippen LogP contribution in [0.2, 0.25) is 0 Å². The Bertz CT molecular complexity index is 400. The number of hydrogen-bond donors (Lipinski definition) is 2. The van der Waals surface area contributed by atoms with Gasteiger partial charge in [0.15, 0.2) is 5.82 Å². The van der Waals surface area contributed by atoms with Gasteiger partial charge in [0.2, 0.25) is 0 Å². The molecule has 0 aromatic carbocycles. The van der Waals surface area contributed by atoms with E-state index in [0.717, 1.165) is 4.68 Å². The fourth-order valence-corrected chi connectivity index (χ4v) is 0.955. The third kappa shape index (κ3) is 2.52. The number of aryl methyl sites for hydroxylation is 1. The number of hydrogen-bond acceptors (Lipinski definition) is 4. The Kier molecular flexibility index (Phi) is 2.74. The van der Waals surface area contributed by atoms with Gasteiger partial charge in [-0.25, -0.2) is 4.68 Å². The van der Waals surface area contributed by atoms with Crippen LogP contribution in [0.1, 0.15) is 5.56 Å². The van der Waals surface area contributed by atoms with E-state index in [2.05, 4.69) is 5.10 Å². The lowest BCUT2D eigenvalue weighted by Crippen LogP contribution is -2.21. The van der Waals surface area contributed by atoms with Gasteiger partial charge in [-0.15, -0.1) is 0 Å². The zero-order valence-corrected chi connectivity index (χ0v) is 7.76. The minimum absolute atomic E-state index is 0.0298. The van der Waals surface area contributed by atoms with Crippen LogP contribution in [0.5, 0.6) is 0 Å². The van der Waals surface area contributed by atoms with Gasteiger partial charge in [-0.3, -0.25) is 0 Å². The molecule has 0 saturated carbocycles. The molecule has 0 fully saturated rings. The Morgan fingerprint density at radius 3 is 2.67 bits per heavy atom. The van der Waals surface area contributed by atoms with E-state index in [-0.39, 0.29) is 17.2 Å². The molecule has 0 aliphatic heterocycles. The van der Waals surface area contributed by atoms with E-state index in [4.69, 9.17) is 11.0 Å². The predicted molar refractivity (Wildman–Crippen MR) is 46.9 cm³/mol. The summed E-state index contributed by atoms with van der Waals surface area (Å²) in [5.74, 6) is -0.128. The highest BCUT2D eigenvalue weighted by atomic mass is 19.4. The van der Waals surface area contributed by atoms with E-state index in [1.807, 2.05) is 5.32 Å². The highest BCUT2D eigenvalue weighted by molar-refractivity contribution is 5.63. The lowest BCUT2D eigenvalue weighted by molar-refractivity contribution is -0.115. The molecule has 0 saturated heterocycles. The smallest absolute Gasteiger partial charge is 0.383 e. The van der Waals surface area contributed by atoms with Crippen molar-refractivity contribution in [3.63, 3.8) is 0 Å². The number of nitrogen functional groups attached to an aromatic ring is 1. The van der Waals surface area contributed by atoms with Crippen molar-refractivity contribution in [2.45, 2.75) is 6.18 Å². The molecule has 82 valence electrons. The molecule has 0 atom stereocenters. The van der Waals surface area contributed by atoms with Crippen molar-refractivity contribution in [1.82, 2.24) is 9.78 Å². The SMILES string of the molecule is Cn1nc(NCC(F)(F)F)c(C#N)c1N. The van der Waals surface area contributed by atoms with E-state index in [1.165, 1.54) is 7.05 Å². The van der Waals surface area contributed by atoms with Gasteiger partial charge in [-0.1, -0.05) is 0 Å². The van der Waals surface area contributed by atoms with Gasteiger partial charge in [0.25, 0.3) is 0 Å². The molecule has 1 heterocycles.